The molecule has 1 saturated carbocycles. The van der Waals surface area contributed by atoms with Crippen LogP contribution in [0.1, 0.15) is 72.6 Å². The van der Waals surface area contributed by atoms with Crippen molar-refractivity contribution in [1.29, 1.82) is 0 Å². The second-order valence-corrected chi connectivity index (χ2v) is 9.42. The first kappa shape index (κ1) is 25.9. The molecule has 1 amide bonds. The van der Waals surface area contributed by atoms with Gasteiger partial charge in [-0.1, -0.05) is 29.3 Å². The van der Waals surface area contributed by atoms with Crippen molar-refractivity contribution in [3.8, 4) is 11.5 Å². The molecule has 1 aliphatic rings. The van der Waals surface area contributed by atoms with E-state index in [1.54, 1.807) is 25.1 Å². The summed E-state index contributed by atoms with van der Waals surface area (Å²) in [5.74, 6) is -3.20. The lowest BCUT2D eigenvalue weighted by Gasteiger charge is -2.22. The van der Waals surface area contributed by atoms with Gasteiger partial charge in [0.25, 0.3) is 5.91 Å². The van der Waals surface area contributed by atoms with Crippen molar-refractivity contribution in [1.82, 2.24) is 5.32 Å². The Morgan fingerprint density at radius 3 is 2.19 bits per heavy atom. The molecule has 0 spiro atoms. The van der Waals surface area contributed by atoms with Gasteiger partial charge < -0.3 is 25.4 Å². The first-order chi connectivity index (χ1) is 17.6. The van der Waals surface area contributed by atoms with Crippen molar-refractivity contribution in [3.63, 3.8) is 0 Å². The summed E-state index contributed by atoms with van der Waals surface area (Å²) in [7, 11) is 0. The Hall–Kier alpha value is -4.17. The number of amides is 1. The molecule has 4 rings (SSSR count). The number of hydrogen-bond acceptors (Lipinski definition) is 6. The normalized spacial score (nSPS) is 16.9. The molecule has 0 aromatic heterocycles. The average Bonchev–Trinajstić information content (AvgIpc) is 3.29. The van der Waals surface area contributed by atoms with Crippen LogP contribution in [0.15, 0.2) is 54.6 Å². The minimum Gasteiger partial charge on any atom is -0.507 e. The van der Waals surface area contributed by atoms with Gasteiger partial charge in [-0.25, -0.2) is 4.79 Å². The number of ketones is 1. The number of carbonyl (C=O) groups is 3. The van der Waals surface area contributed by atoms with Crippen LogP contribution in [0, 0.1) is 13.8 Å². The Labute approximate surface area is 214 Å². The smallest absolute Gasteiger partial charge is 0.336 e. The number of nitrogens with one attached hydrogen (secondary N) is 1. The molecule has 1 fully saturated rings. The third-order valence-electron chi connectivity index (χ3n) is 6.58. The molecule has 192 valence electrons. The number of phenols is 2. The van der Waals surface area contributed by atoms with Crippen molar-refractivity contribution in [2.24, 2.45) is 0 Å². The Kier molecular flexibility index (Phi) is 7.59. The lowest BCUT2D eigenvalue weighted by atomic mass is 9.95. The van der Waals surface area contributed by atoms with Crippen LogP contribution in [0.2, 0.25) is 0 Å². The van der Waals surface area contributed by atoms with Crippen molar-refractivity contribution in [3.05, 3.63) is 93.5 Å². The summed E-state index contributed by atoms with van der Waals surface area (Å²) < 4.78 is 6.02. The highest BCUT2D eigenvalue weighted by atomic mass is 16.5. The number of aromatic carboxylic acids is 1. The SMILES string of the molecule is Cc1ccc(C(=O)N[C@@H]2CCC[C@H]2OCc2cc(O)c(C(=O)c3ccc(C)cc3C(=O)O)c(O)c2)cc1. The molecule has 2 atom stereocenters. The van der Waals surface area contributed by atoms with E-state index in [0.717, 1.165) is 24.8 Å². The molecular formula is C29H29NO7. The lowest BCUT2D eigenvalue weighted by molar-refractivity contribution is 0.0270. The van der Waals surface area contributed by atoms with Crippen LogP contribution < -0.4 is 5.32 Å². The molecule has 0 aliphatic heterocycles. The molecule has 3 aromatic carbocycles. The Morgan fingerprint density at radius 1 is 0.892 bits per heavy atom. The second-order valence-electron chi connectivity index (χ2n) is 9.42. The van der Waals surface area contributed by atoms with E-state index in [9.17, 15) is 29.7 Å². The molecule has 37 heavy (non-hydrogen) atoms. The number of aromatic hydroxyl groups is 2. The van der Waals surface area contributed by atoms with E-state index in [2.05, 4.69) is 5.32 Å². The van der Waals surface area contributed by atoms with Crippen LogP contribution >= 0.6 is 0 Å². The highest BCUT2D eigenvalue weighted by molar-refractivity contribution is 6.16. The maximum atomic E-state index is 13.0. The molecule has 8 nitrogen and oxygen atoms in total. The van der Waals surface area contributed by atoms with E-state index in [4.69, 9.17) is 4.74 Å². The van der Waals surface area contributed by atoms with Gasteiger partial charge in [-0.15, -0.1) is 0 Å². The molecular weight excluding hydrogens is 474 g/mol. The Balaban J connectivity index is 1.45. The number of aryl methyl sites for hydroxylation is 2. The Morgan fingerprint density at radius 2 is 1.54 bits per heavy atom. The van der Waals surface area contributed by atoms with Crippen molar-refractivity contribution >= 4 is 17.7 Å². The van der Waals surface area contributed by atoms with Crippen molar-refractivity contribution < 1.29 is 34.4 Å². The van der Waals surface area contributed by atoms with Crippen LogP contribution in [0.4, 0.5) is 0 Å². The fourth-order valence-electron chi connectivity index (χ4n) is 4.60. The summed E-state index contributed by atoms with van der Waals surface area (Å²) in [4.78, 5) is 37.3. The van der Waals surface area contributed by atoms with Gasteiger partial charge in [0.05, 0.1) is 24.3 Å². The van der Waals surface area contributed by atoms with E-state index in [1.807, 2.05) is 19.1 Å². The molecule has 0 unspecified atom stereocenters. The highest BCUT2D eigenvalue weighted by Crippen LogP contribution is 2.33. The molecule has 0 heterocycles. The van der Waals surface area contributed by atoms with Gasteiger partial charge >= 0.3 is 5.97 Å². The third kappa shape index (κ3) is 5.81. The summed E-state index contributed by atoms with van der Waals surface area (Å²) in [6.45, 7) is 3.70. The van der Waals surface area contributed by atoms with Crippen LogP contribution in [-0.2, 0) is 11.3 Å². The van der Waals surface area contributed by atoms with Gasteiger partial charge in [-0.3, -0.25) is 9.59 Å². The Bertz CT molecular complexity index is 1320. The molecule has 1 aliphatic carbocycles. The predicted octanol–water partition coefficient (Wildman–Crippen LogP) is 4.51. The van der Waals surface area contributed by atoms with Crippen molar-refractivity contribution in [2.45, 2.75) is 51.9 Å². The van der Waals surface area contributed by atoms with Crippen molar-refractivity contribution in [2.75, 3.05) is 0 Å². The van der Waals surface area contributed by atoms with Crippen LogP contribution in [0.5, 0.6) is 11.5 Å². The zero-order chi connectivity index (χ0) is 26.7. The minimum absolute atomic E-state index is 0.0437. The fraction of sp³-hybridized carbons (Fsp3) is 0.276. The number of carbonyl (C=O) groups excluding carboxylic acids is 2. The third-order valence-corrected chi connectivity index (χ3v) is 6.58. The summed E-state index contributed by atoms with van der Waals surface area (Å²) >= 11 is 0. The van der Waals surface area contributed by atoms with Gasteiger partial charge in [0.2, 0.25) is 5.78 Å². The zero-order valence-corrected chi connectivity index (χ0v) is 20.7. The highest BCUT2D eigenvalue weighted by Gasteiger charge is 2.30. The van der Waals surface area contributed by atoms with Gasteiger partial charge in [-0.05, 0) is 75.1 Å². The maximum absolute atomic E-state index is 13.0. The number of ether oxygens (including phenoxy) is 1. The number of rotatable bonds is 8. The minimum atomic E-state index is -1.28. The van der Waals surface area contributed by atoms with E-state index in [-0.39, 0.29) is 41.4 Å². The standard InChI is InChI=1S/C29H29NO7/c1-16-6-9-19(10-7-16)28(34)30-22-4-3-5-25(22)37-15-18-13-23(31)26(24(32)14-18)27(33)20-11-8-17(2)12-21(20)29(35)36/h6-14,22,25,31-32H,3-5,15H2,1-2H3,(H,30,34)(H,35,36)/t22-,25-/m1/s1. The molecule has 0 saturated heterocycles. The maximum Gasteiger partial charge on any atom is 0.336 e. The van der Waals surface area contributed by atoms with E-state index >= 15 is 0 Å². The van der Waals surface area contributed by atoms with Gasteiger partial charge in [0.15, 0.2) is 0 Å². The first-order valence-corrected chi connectivity index (χ1v) is 12.1. The molecule has 0 radical (unpaired) electrons. The largest absolute Gasteiger partial charge is 0.507 e. The summed E-state index contributed by atoms with van der Waals surface area (Å²) in [5.41, 5.74) is 2.02. The monoisotopic (exact) mass is 503 g/mol. The van der Waals surface area contributed by atoms with Crippen LogP contribution in [0.25, 0.3) is 0 Å². The number of carboxylic acids is 1. The van der Waals surface area contributed by atoms with E-state index in [0.29, 0.717) is 16.7 Å². The van der Waals surface area contributed by atoms with Gasteiger partial charge in [-0.2, -0.15) is 0 Å². The first-order valence-electron chi connectivity index (χ1n) is 12.1. The van der Waals surface area contributed by atoms with E-state index in [1.165, 1.54) is 24.3 Å². The molecule has 3 aromatic rings. The second kappa shape index (κ2) is 10.8. The van der Waals surface area contributed by atoms with Gasteiger partial charge in [0.1, 0.15) is 17.1 Å². The summed E-state index contributed by atoms with van der Waals surface area (Å²) in [5, 5.41) is 33.6. The quantitative estimate of drug-likeness (QED) is 0.332. The van der Waals surface area contributed by atoms with E-state index < -0.39 is 23.3 Å². The predicted molar refractivity (Wildman–Crippen MR) is 136 cm³/mol. The number of benzene rings is 3. The van der Waals surface area contributed by atoms with Gasteiger partial charge in [0, 0.05) is 11.1 Å². The summed E-state index contributed by atoms with van der Waals surface area (Å²) in [6.07, 6.45) is 2.16. The fourth-order valence-corrected chi connectivity index (χ4v) is 4.60. The zero-order valence-electron chi connectivity index (χ0n) is 20.7. The molecule has 4 N–H and O–H groups in total. The topological polar surface area (TPSA) is 133 Å². The number of hydrogen-bond donors (Lipinski definition) is 4. The van der Waals surface area contributed by atoms with Crippen LogP contribution in [0.3, 0.4) is 0 Å². The lowest BCUT2D eigenvalue weighted by Crippen LogP contribution is -2.41. The number of carboxylic acid groups (broad SMARTS) is 1. The average molecular weight is 504 g/mol. The number of phenolic OH excluding ortho intramolecular Hbond substituents is 2. The summed E-state index contributed by atoms with van der Waals surface area (Å²) in [6, 6.07) is 14.1. The van der Waals surface area contributed by atoms with Crippen LogP contribution in [-0.4, -0.2) is 45.1 Å². The molecule has 0 bridgehead atoms. The molecule has 8 heteroatoms.